The lowest BCUT2D eigenvalue weighted by molar-refractivity contribution is -0.154. The molecular weight excluding hydrogens is 324 g/mol. The first-order chi connectivity index (χ1) is 11.9. The van der Waals surface area contributed by atoms with Gasteiger partial charge in [0.05, 0.1) is 26.1 Å². The highest BCUT2D eigenvalue weighted by Gasteiger charge is 2.67. The van der Waals surface area contributed by atoms with Crippen molar-refractivity contribution in [3.05, 3.63) is 29.8 Å². The number of nitrogens with zero attached hydrogens (tertiary/aromatic N) is 1. The number of para-hydroxylation sites is 1. The van der Waals surface area contributed by atoms with Crippen LogP contribution in [0.2, 0.25) is 0 Å². The van der Waals surface area contributed by atoms with Crippen molar-refractivity contribution in [3.8, 4) is 5.75 Å². The number of ether oxygens (including phenoxy) is 2. The van der Waals surface area contributed by atoms with Crippen LogP contribution < -0.4 is 10.1 Å². The van der Waals surface area contributed by atoms with Crippen molar-refractivity contribution in [2.75, 3.05) is 21.3 Å². The Labute approximate surface area is 146 Å². The summed E-state index contributed by atoms with van der Waals surface area (Å²) in [6.45, 7) is 1.81. The topological polar surface area (TPSA) is 84.9 Å². The minimum Gasteiger partial charge on any atom is -0.496 e. The molecule has 7 heteroatoms. The van der Waals surface area contributed by atoms with Gasteiger partial charge in [-0.05, 0) is 12.5 Å². The molecule has 1 N–H and O–H groups in total. The third kappa shape index (κ3) is 2.26. The summed E-state index contributed by atoms with van der Waals surface area (Å²) in [5.74, 6) is -2.04. The Morgan fingerprint density at radius 3 is 2.52 bits per heavy atom. The van der Waals surface area contributed by atoms with Crippen LogP contribution in [0.1, 0.15) is 24.9 Å². The summed E-state index contributed by atoms with van der Waals surface area (Å²) in [6.07, 6.45) is 0.333. The van der Waals surface area contributed by atoms with Crippen LogP contribution in [-0.2, 0) is 19.1 Å². The number of fused-ring (bicyclic) bond motifs is 1. The van der Waals surface area contributed by atoms with Crippen LogP contribution >= 0.6 is 0 Å². The van der Waals surface area contributed by atoms with Gasteiger partial charge in [-0.1, -0.05) is 25.1 Å². The largest absolute Gasteiger partial charge is 0.496 e. The molecule has 2 aliphatic heterocycles. The minimum absolute atomic E-state index is 0.294. The quantitative estimate of drug-likeness (QED) is 0.644. The SMILES string of the molecule is CC[C@]1(C(=O)OC)N[C@H](c2ccccc2OC)[C@@H]2C(=O)N(C)C(=O)[C@@H]21. The summed E-state index contributed by atoms with van der Waals surface area (Å²) in [6, 6.07) is 6.79. The molecule has 1 aromatic carbocycles. The molecular formula is C18H22N2O5. The predicted octanol–water partition coefficient (Wildman–Crippen LogP) is 0.892. The van der Waals surface area contributed by atoms with Crippen LogP contribution in [0, 0.1) is 11.8 Å². The number of rotatable bonds is 4. The molecule has 2 amide bonds. The molecule has 2 saturated heterocycles. The zero-order valence-corrected chi connectivity index (χ0v) is 14.7. The van der Waals surface area contributed by atoms with E-state index in [0.717, 1.165) is 10.5 Å². The first-order valence-corrected chi connectivity index (χ1v) is 8.23. The molecule has 0 spiro atoms. The average Bonchev–Trinajstić information content (AvgIpc) is 3.11. The molecule has 1 aromatic rings. The number of carbonyl (C=O) groups is 3. The zero-order valence-electron chi connectivity index (χ0n) is 14.7. The number of esters is 1. The van der Waals surface area contributed by atoms with Crippen molar-refractivity contribution in [1.82, 2.24) is 10.2 Å². The van der Waals surface area contributed by atoms with Crippen LogP contribution in [0.25, 0.3) is 0 Å². The Bertz CT molecular complexity index is 734. The second kappa shape index (κ2) is 6.15. The fourth-order valence-electron chi connectivity index (χ4n) is 4.18. The predicted molar refractivity (Wildman–Crippen MR) is 88.7 cm³/mol. The van der Waals surface area contributed by atoms with E-state index in [1.54, 1.807) is 13.2 Å². The highest BCUT2D eigenvalue weighted by Crippen LogP contribution is 2.51. The standard InChI is InChI=1S/C18H22N2O5/c1-5-18(17(23)25-4)13-12(15(21)20(2)16(13)22)14(19-18)10-8-6-7-9-11(10)24-3/h6-9,12-14,19H,5H2,1-4H3/t12-,13-,14-,18+/m1/s1. The lowest BCUT2D eigenvalue weighted by Crippen LogP contribution is -2.55. The summed E-state index contributed by atoms with van der Waals surface area (Å²) >= 11 is 0. The molecule has 2 aliphatic rings. The molecule has 7 nitrogen and oxygen atoms in total. The van der Waals surface area contributed by atoms with Crippen molar-refractivity contribution >= 4 is 17.8 Å². The van der Waals surface area contributed by atoms with E-state index >= 15 is 0 Å². The van der Waals surface area contributed by atoms with Gasteiger partial charge in [-0.2, -0.15) is 0 Å². The maximum absolute atomic E-state index is 12.8. The fraction of sp³-hybridized carbons (Fsp3) is 0.500. The molecule has 134 valence electrons. The normalized spacial score (nSPS) is 31.2. The van der Waals surface area contributed by atoms with Crippen molar-refractivity contribution in [3.63, 3.8) is 0 Å². The Balaban J connectivity index is 2.17. The second-order valence-corrected chi connectivity index (χ2v) is 6.42. The van der Waals surface area contributed by atoms with E-state index in [-0.39, 0.29) is 11.8 Å². The smallest absolute Gasteiger partial charge is 0.326 e. The van der Waals surface area contributed by atoms with Gasteiger partial charge < -0.3 is 9.47 Å². The van der Waals surface area contributed by atoms with E-state index < -0.39 is 29.4 Å². The van der Waals surface area contributed by atoms with Gasteiger partial charge in [0, 0.05) is 18.7 Å². The fourth-order valence-corrected chi connectivity index (χ4v) is 4.18. The number of hydrogen-bond donors (Lipinski definition) is 1. The van der Waals surface area contributed by atoms with Crippen molar-refractivity contribution in [2.45, 2.75) is 24.9 Å². The van der Waals surface area contributed by atoms with Gasteiger partial charge in [-0.25, -0.2) is 0 Å². The van der Waals surface area contributed by atoms with Gasteiger partial charge in [-0.3, -0.25) is 24.6 Å². The van der Waals surface area contributed by atoms with Crippen LogP contribution in [0.15, 0.2) is 24.3 Å². The monoisotopic (exact) mass is 346 g/mol. The number of hydrogen-bond acceptors (Lipinski definition) is 6. The lowest BCUT2D eigenvalue weighted by Gasteiger charge is -2.31. The van der Waals surface area contributed by atoms with E-state index in [9.17, 15) is 14.4 Å². The molecule has 0 unspecified atom stereocenters. The number of methoxy groups -OCH3 is 2. The van der Waals surface area contributed by atoms with Crippen LogP contribution in [-0.4, -0.2) is 49.5 Å². The lowest BCUT2D eigenvalue weighted by atomic mass is 9.78. The van der Waals surface area contributed by atoms with Crippen molar-refractivity contribution in [2.24, 2.45) is 11.8 Å². The maximum atomic E-state index is 12.8. The number of imide groups is 1. The third-order valence-electron chi connectivity index (χ3n) is 5.46. The van der Waals surface area contributed by atoms with Crippen molar-refractivity contribution < 1.29 is 23.9 Å². The maximum Gasteiger partial charge on any atom is 0.326 e. The van der Waals surface area contributed by atoms with E-state index in [0.29, 0.717) is 12.2 Å². The summed E-state index contributed by atoms with van der Waals surface area (Å²) in [7, 11) is 4.30. The van der Waals surface area contributed by atoms with Crippen LogP contribution in [0.4, 0.5) is 0 Å². The van der Waals surface area contributed by atoms with E-state index in [2.05, 4.69) is 5.32 Å². The summed E-state index contributed by atoms with van der Waals surface area (Å²) in [4.78, 5) is 39.2. The molecule has 0 aliphatic carbocycles. The molecule has 4 atom stereocenters. The molecule has 0 radical (unpaired) electrons. The minimum atomic E-state index is -1.23. The zero-order chi connectivity index (χ0) is 18.4. The van der Waals surface area contributed by atoms with Gasteiger partial charge in [0.25, 0.3) is 0 Å². The van der Waals surface area contributed by atoms with Gasteiger partial charge >= 0.3 is 5.97 Å². The van der Waals surface area contributed by atoms with Gasteiger partial charge in [0.1, 0.15) is 11.3 Å². The number of amides is 2. The Morgan fingerprint density at radius 2 is 1.92 bits per heavy atom. The van der Waals surface area contributed by atoms with Gasteiger partial charge in [-0.15, -0.1) is 0 Å². The van der Waals surface area contributed by atoms with Crippen LogP contribution in [0.3, 0.4) is 0 Å². The molecule has 0 saturated carbocycles. The Morgan fingerprint density at radius 1 is 1.24 bits per heavy atom. The average molecular weight is 346 g/mol. The van der Waals surface area contributed by atoms with E-state index in [1.165, 1.54) is 14.2 Å². The van der Waals surface area contributed by atoms with E-state index in [4.69, 9.17) is 9.47 Å². The van der Waals surface area contributed by atoms with Crippen molar-refractivity contribution in [1.29, 1.82) is 0 Å². The first-order valence-electron chi connectivity index (χ1n) is 8.23. The molecule has 0 aromatic heterocycles. The first kappa shape index (κ1) is 17.4. The highest BCUT2D eigenvalue weighted by molar-refractivity contribution is 6.09. The molecule has 2 heterocycles. The molecule has 25 heavy (non-hydrogen) atoms. The number of likely N-dealkylation sites (tertiary alicyclic amines) is 1. The van der Waals surface area contributed by atoms with Gasteiger partial charge in [0.2, 0.25) is 11.8 Å². The van der Waals surface area contributed by atoms with Gasteiger partial charge in [0.15, 0.2) is 0 Å². The second-order valence-electron chi connectivity index (χ2n) is 6.42. The summed E-state index contributed by atoms with van der Waals surface area (Å²) < 4.78 is 10.4. The Kier molecular flexibility index (Phi) is 4.28. The molecule has 2 fully saturated rings. The molecule has 3 rings (SSSR count). The Hall–Kier alpha value is -2.41. The number of nitrogens with one attached hydrogen (secondary N) is 1. The van der Waals surface area contributed by atoms with E-state index in [1.807, 2.05) is 25.1 Å². The molecule has 0 bridgehead atoms. The number of benzene rings is 1. The summed E-state index contributed by atoms with van der Waals surface area (Å²) in [5.41, 5.74) is -0.488. The number of carbonyl (C=O) groups excluding carboxylic acids is 3. The van der Waals surface area contributed by atoms with Crippen LogP contribution in [0.5, 0.6) is 5.75 Å². The summed E-state index contributed by atoms with van der Waals surface area (Å²) in [5, 5.41) is 3.26. The third-order valence-corrected chi connectivity index (χ3v) is 5.46. The highest BCUT2D eigenvalue weighted by atomic mass is 16.5.